The molecule has 1 aromatic heterocycles. The van der Waals surface area contributed by atoms with Crippen LogP contribution in [-0.4, -0.2) is 17.2 Å². The summed E-state index contributed by atoms with van der Waals surface area (Å²) < 4.78 is 5.12. The van der Waals surface area contributed by atoms with Crippen LogP contribution in [0.1, 0.15) is 5.56 Å². The molecule has 1 aromatic carbocycles. The molecule has 18 heavy (non-hydrogen) atoms. The Morgan fingerprint density at radius 3 is 2.83 bits per heavy atom. The molecule has 5 heteroatoms. The first-order valence-corrected chi connectivity index (χ1v) is 5.47. The maximum absolute atomic E-state index is 9.91. The van der Waals surface area contributed by atoms with Crippen LogP contribution in [0.2, 0.25) is 5.02 Å². The fourth-order valence-corrected chi connectivity index (χ4v) is 1.82. The van der Waals surface area contributed by atoms with Crippen LogP contribution >= 0.6 is 11.6 Å². The van der Waals surface area contributed by atoms with E-state index >= 15 is 0 Å². The number of rotatable bonds is 2. The van der Waals surface area contributed by atoms with E-state index in [0.717, 1.165) is 0 Å². The molecule has 0 saturated carbocycles. The molecule has 2 aromatic rings. The third-order valence-electron chi connectivity index (χ3n) is 2.46. The summed E-state index contributed by atoms with van der Waals surface area (Å²) in [6.07, 6.45) is 1.58. The van der Waals surface area contributed by atoms with Gasteiger partial charge in [-0.05, 0) is 18.2 Å². The van der Waals surface area contributed by atoms with Gasteiger partial charge < -0.3 is 9.84 Å². The van der Waals surface area contributed by atoms with E-state index < -0.39 is 0 Å². The Bertz CT molecular complexity index is 635. The van der Waals surface area contributed by atoms with Gasteiger partial charge in [-0.3, -0.25) is 0 Å². The highest BCUT2D eigenvalue weighted by Gasteiger charge is 2.13. The minimum atomic E-state index is -0.0229. The first kappa shape index (κ1) is 12.2. The highest BCUT2D eigenvalue weighted by Crippen LogP contribution is 2.37. The lowest BCUT2D eigenvalue weighted by molar-refractivity contribution is 0.399. The zero-order valence-corrected chi connectivity index (χ0v) is 10.3. The number of aromatic hydroxyl groups is 1. The predicted molar refractivity (Wildman–Crippen MR) is 67.6 cm³/mol. The topological polar surface area (TPSA) is 66.1 Å². The van der Waals surface area contributed by atoms with Crippen LogP contribution in [0, 0.1) is 11.3 Å². The number of phenols is 1. The maximum atomic E-state index is 9.91. The standard InChI is InChI=1S/C13H9ClN2O2/c1-18-13-9(3-2-4-16-13)10-5-8(7-15)11(14)6-12(10)17/h2-6,17H,1H3. The van der Waals surface area contributed by atoms with E-state index in [-0.39, 0.29) is 16.3 Å². The van der Waals surface area contributed by atoms with Crippen molar-refractivity contribution in [2.24, 2.45) is 0 Å². The molecule has 0 aliphatic carbocycles. The van der Waals surface area contributed by atoms with Crippen molar-refractivity contribution in [1.82, 2.24) is 4.98 Å². The van der Waals surface area contributed by atoms with E-state index in [0.29, 0.717) is 17.0 Å². The average Bonchev–Trinajstić information content (AvgIpc) is 2.39. The molecule has 1 N–H and O–H groups in total. The highest BCUT2D eigenvalue weighted by atomic mass is 35.5. The monoisotopic (exact) mass is 260 g/mol. The number of aromatic nitrogens is 1. The van der Waals surface area contributed by atoms with E-state index in [1.807, 2.05) is 6.07 Å². The lowest BCUT2D eigenvalue weighted by Gasteiger charge is -2.09. The van der Waals surface area contributed by atoms with Crippen LogP contribution in [-0.2, 0) is 0 Å². The molecule has 0 radical (unpaired) electrons. The average molecular weight is 261 g/mol. The molecule has 0 aliphatic rings. The fraction of sp³-hybridized carbons (Fsp3) is 0.0769. The van der Waals surface area contributed by atoms with Crippen molar-refractivity contribution in [3.05, 3.63) is 41.0 Å². The molecule has 0 atom stereocenters. The SMILES string of the molecule is COc1ncccc1-c1cc(C#N)c(Cl)cc1O. The molecule has 0 aliphatic heterocycles. The van der Waals surface area contributed by atoms with Crippen molar-refractivity contribution < 1.29 is 9.84 Å². The predicted octanol–water partition coefficient (Wildman–Crippen LogP) is 2.99. The number of ether oxygens (including phenoxy) is 1. The van der Waals surface area contributed by atoms with Crippen LogP contribution in [0.4, 0.5) is 0 Å². The Morgan fingerprint density at radius 2 is 2.17 bits per heavy atom. The quantitative estimate of drug-likeness (QED) is 0.901. The normalized spacial score (nSPS) is 9.83. The molecule has 0 bridgehead atoms. The Kier molecular flexibility index (Phi) is 3.35. The van der Waals surface area contributed by atoms with Crippen molar-refractivity contribution >= 4 is 11.6 Å². The van der Waals surface area contributed by atoms with Crippen molar-refractivity contribution in [2.45, 2.75) is 0 Å². The van der Waals surface area contributed by atoms with Crippen LogP contribution < -0.4 is 4.74 Å². The summed E-state index contributed by atoms with van der Waals surface area (Å²) >= 11 is 5.83. The Balaban J connectivity index is 2.68. The van der Waals surface area contributed by atoms with Gasteiger partial charge in [0.05, 0.1) is 17.7 Å². The van der Waals surface area contributed by atoms with Crippen LogP contribution in [0.5, 0.6) is 11.6 Å². The minimum absolute atomic E-state index is 0.0229. The number of methoxy groups -OCH3 is 1. The van der Waals surface area contributed by atoms with Crippen LogP contribution in [0.15, 0.2) is 30.5 Å². The Labute approximate surface area is 109 Å². The molecular weight excluding hydrogens is 252 g/mol. The number of phenolic OH excluding ortho intramolecular Hbond substituents is 1. The molecule has 1 heterocycles. The first-order valence-electron chi connectivity index (χ1n) is 5.09. The lowest BCUT2D eigenvalue weighted by Crippen LogP contribution is -1.92. The van der Waals surface area contributed by atoms with Gasteiger partial charge in [-0.15, -0.1) is 0 Å². The molecule has 0 amide bonds. The summed E-state index contributed by atoms with van der Waals surface area (Å²) in [5.74, 6) is 0.351. The third-order valence-corrected chi connectivity index (χ3v) is 2.77. The number of hydrogen-bond acceptors (Lipinski definition) is 4. The van der Waals surface area contributed by atoms with E-state index in [1.54, 1.807) is 18.3 Å². The van der Waals surface area contributed by atoms with Crippen molar-refractivity contribution in [2.75, 3.05) is 7.11 Å². The van der Waals surface area contributed by atoms with Gasteiger partial charge in [0.2, 0.25) is 5.88 Å². The number of benzene rings is 1. The van der Waals surface area contributed by atoms with Gasteiger partial charge >= 0.3 is 0 Å². The lowest BCUT2D eigenvalue weighted by atomic mass is 10.0. The van der Waals surface area contributed by atoms with Gasteiger partial charge in [-0.2, -0.15) is 5.26 Å². The maximum Gasteiger partial charge on any atom is 0.221 e. The molecule has 0 saturated heterocycles. The van der Waals surface area contributed by atoms with E-state index in [2.05, 4.69) is 4.98 Å². The minimum Gasteiger partial charge on any atom is -0.507 e. The van der Waals surface area contributed by atoms with Gasteiger partial charge in [0.15, 0.2) is 0 Å². The second-order valence-corrected chi connectivity index (χ2v) is 3.93. The zero-order chi connectivity index (χ0) is 13.1. The van der Waals surface area contributed by atoms with Gasteiger partial charge in [-0.1, -0.05) is 11.6 Å². The summed E-state index contributed by atoms with van der Waals surface area (Å²) in [7, 11) is 1.49. The molecule has 0 fully saturated rings. The number of hydrogen-bond donors (Lipinski definition) is 1. The molecular formula is C13H9ClN2O2. The summed E-state index contributed by atoms with van der Waals surface area (Å²) in [6.45, 7) is 0. The Morgan fingerprint density at radius 1 is 1.39 bits per heavy atom. The van der Waals surface area contributed by atoms with Gasteiger partial charge in [-0.25, -0.2) is 4.98 Å². The number of nitrogens with zero attached hydrogens (tertiary/aromatic N) is 2. The number of pyridine rings is 1. The largest absolute Gasteiger partial charge is 0.507 e. The summed E-state index contributed by atoms with van der Waals surface area (Å²) in [5.41, 5.74) is 1.35. The number of nitriles is 1. The second kappa shape index (κ2) is 4.94. The third kappa shape index (κ3) is 2.08. The smallest absolute Gasteiger partial charge is 0.221 e. The van der Waals surface area contributed by atoms with Crippen molar-refractivity contribution in [3.63, 3.8) is 0 Å². The first-order chi connectivity index (χ1) is 8.67. The summed E-state index contributed by atoms with van der Waals surface area (Å²) in [6, 6.07) is 8.28. The van der Waals surface area contributed by atoms with Crippen molar-refractivity contribution in [3.8, 4) is 28.8 Å². The zero-order valence-electron chi connectivity index (χ0n) is 9.51. The Hall–Kier alpha value is -2.25. The van der Waals surface area contributed by atoms with E-state index in [4.69, 9.17) is 21.6 Å². The van der Waals surface area contributed by atoms with Gasteiger partial charge in [0, 0.05) is 23.4 Å². The van der Waals surface area contributed by atoms with Crippen LogP contribution in [0.3, 0.4) is 0 Å². The number of halogens is 1. The van der Waals surface area contributed by atoms with Gasteiger partial charge in [0.25, 0.3) is 0 Å². The second-order valence-electron chi connectivity index (χ2n) is 3.52. The van der Waals surface area contributed by atoms with Crippen molar-refractivity contribution in [1.29, 1.82) is 5.26 Å². The van der Waals surface area contributed by atoms with Gasteiger partial charge in [0.1, 0.15) is 11.8 Å². The molecule has 4 nitrogen and oxygen atoms in total. The summed E-state index contributed by atoms with van der Waals surface area (Å²) in [4.78, 5) is 4.04. The molecule has 0 unspecified atom stereocenters. The molecule has 2 rings (SSSR count). The highest BCUT2D eigenvalue weighted by molar-refractivity contribution is 6.32. The van der Waals surface area contributed by atoms with E-state index in [1.165, 1.54) is 19.2 Å². The van der Waals surface area contributed by atoms with Crippen LogP contribution in [0.25, 0.3) is 11.1 Å². The molecule has 90 valence electrons. The summed E-state index contributed by atoms with van der Waals surface area (Å²) in [5, 5.41) is 19.1. The van der Waals surface area contributed by atoms with E-state index in [9.17, 15) is 5.11 Å². The molecule has 0 spiro atoms. The fourth-order valence-electron chi connectivity index (χ4n) is 1.62.